The number of halogens is 1. The summed E-state index contributed by atoms with van der Waals surface area (Å²) >= 11 is 1.42. The summed E-state index contributed by atoms with van der Waals surface area (Å²) in [7, 11) is 0. The number of hydrogen-bond acceptors (Lipinski definition) is 5. The van der Waals surface area contributed by atoms with Crippen molar-refractivity contribution in [3.8, 4) is 0 Å². The first-order valence-corrected chi connectivity index (χ1v) is 6.04. The highest BCUT2D eigenvalue weighted by atomic mass is 127. The maximum Gasteiger partial charge on any atom is 0.344 e. The molecule has 0 aliphatic carbocycles. The summed E-state index contributed by atoms with van der Waals surface area (Å²) in [6.45, 7) is 5.55. The Morgan fingerprint density at radius 1 is 1.65 bits per heavy atom. The van der Waals surface area contributed by atoms with E-state index in [0.29, 0.717) is 5.16 Å². The van der Waals surface area contributed by atoms with Crippen LogP contribution in [0.25, 0.3) is 0 Å². The lowest BCUT2D eigenvalue weighted by atomic mass is 10.2. The van der Waals surface area contributed by atoms with E-state index in [1.807, 2.05) is 27.0 Å². The van der Waals surface area contributed by atoms with Gasteiger partial charge in [-0.3, -0.25) is 5.84 Å². The fourth-order valence-electron chi connectivity index (χ4n) is 1.17. The van der Waals surface area contributed by atoms with E-state index < -0.39 is 5.60 Å². The van der Waals surface area contributed by atoms with Crippen molar-refractivity contribution >= 4 is 17.7 Å². The van der Waals surface area contributed by atoms with Crippen LogP contribution in [-0.4, -0.2) is 27.6 Å². The monoisotopic (exact) mass is 372 g/mol. The van der Waals surface area contributed by atoms with Crippen LogP contribution in [0.4, 0.5) is 0 Å². The molecule has 0 saturated carbocycles. The summed E-state index contributed by atoms with van der Waals surface area (Å²) in [4.78, 5) is 11.6. The topological polar surface area (TPSA) is 74.0 Å². The van der Waals surface area contributed by atoms with Crippen molar-refractivity contribution in [2.45, 2.75) is 38.1 Å². The molecule has 0 aromatic carbocycles. The van der Waals surface area contributed by atoms with Crippen LogP contribution in [0.15, 0.2) is 11.5 Å². The quantitative estimate of drug-likeness (QED) is 0.201. The molecule has 0 unspecified atom stereocenters. The van der Waals surface area contributed by atoms with Gasteiger partial charge in [0.25, 0.3) is 6.33 Å². The van der Waals surface area contributed by atoms with Crippen molar-refractivity contribution in [3.05, 3.63) is 6.33 Å². The van der Waals surface area contributed by atoms with Gasteiger partial charge in [0.15, 0.2) is 0 Å². The van der Waals surface area contributed by atoms with Crippen molar-refractivity contribution in [3.63, 3.8) is 0 Å². The number of esters is 1. The first kappa shape index (κ1) is 16.5. The maximum absolute atomic E-state index is 11.6. The Morgan fingerprint density at radius 2 is 2.24 bits per heavy atom. The van der Waals surface area contributed by atoms with Gasteiger partial charge >= 0.3 is 11.1 Å². The fourth-order valence-corrected chi connectivity index (χ4v) is 1.75. The van der Waals surface area contributed by atoms with Crippen molar-refractivity contribution in [2.24, 2.45) is 0 Å². The molecule has 0 aliphatic rings. The number of nitrogens with zero attached hydrogens (tertiary/aromatic N) is 3. The van der Waals surface area contributed by atoms with Gasteiger partial charge in [0.1, 0.15) is 5.60 Å². The molecule has 0 spiro atoms. The van der Waals surface area contributed by atoms with Gasteiger partial charge in [-0.2, -0.15) is 0 Å². The van der Waals surface area contributed by atoms with E-state index in [0.717, 1.165) is 0 Å². The molecule has 1 rings (SSSR count). The number of rotatable bonds is 3. The number of ether oxygens (including phenoxy) is 1. The molecule has 1 heterocycles. The molecule has 1 aromatic heterocycles. The Labute approximate surface area is 122 Å². The van der Waals surface area contributed by atoms with Crippen molar-refractivity contribution in [1.82, 2.24) is 9.78 Å². The van der Waals surface area contributed by atoms with E-state index in [1.165, 1.54) is 27.4 Å². The highest BCUT2D eigenvalue weighted by molar-refractivity contribution is 7.98. The van der Waals surface area contributed by atoms with Crippen LogP contribution in [0.5, 0.6) is 0 Å². The summed E-state index contributed by atoms with van der Waals surface area (Å²) in [6.07, 6.45) is 3.32. The van der Waals surface area contributed by atoms with E-state index in [-0.39, 0.29) is 36.5 Å². The predicted molar refractivity (Wildman–Crippen MR) is 60.2 cm³/mol. The minimum atomic E-state index is -0.484. The first-order valence-electron chi connectivity index (χ1n) is 4.82. The molecule has 0 atom stereocenters. The third-order valence-electron chi connectivity index (χ3n) is 1.64. The Kier molecular flexibility index (Phi) is 6.24. The molecule has 8 heteroatoms. The standard InChI is InChI=1S/C9H17N4O2S.HI/c1-9(2,3)15-7(14)5-13-8(16-4)12(10)6-11-13;/h6H,5,10H2,1-4H3;1H/q+1;/p-1. The summed E-state index contributed by atoms with van der Waals surface area (Å²) in [5, 5.41) is 4.69. The van der Waals surface area contributed by atoms with Crippen LogP contribution in [0.2, 0.25) is 0 Å². The number of thioether (sulfide) groups is 1. The number of carbonyl (C=O) groups is 1. The number of nitrogen functional groups attached to an aromatic ring is 1. The molecule has 2 N–H and O–H groups in total. The first-order chi connectivity index (χ1) is 7.33. The molecule has 0 fully saturated rings. The number of aromatic nitrogens is 3. The van der Waals surface area contributed by atoms with Crippen LogP contribution in [-0.2, 0) is 16.1 Å². The number of carbonyl (C=O) groups excluding carboxylic acids is 1. The zero-order valence-electron chi connectivity index (χ0n) is 10.3. The fraction of sp³-hybridized carbons (Fsp3) is 0.667. The SMILES string of the molecule is CSc1n(CC(=O)OC(C)(C)C)nc[n+]1N.[I-]. The molecule has 0 aliphatic heterocycles. The van der Waals surface area contributed by atoms with Gasteiger partial charge in [0.05, 0.1) is 0 Å². The van der Waals surface area contributed by atoms with Crippen molar-refractivity contribution in [2.75, 3.05) is 12.1 Å². The van der Waals surface area contributed by atoms with Crippen LogP contribution in [0.1, 0.15) is 20.8 Å². The van der Waals surface area contributed by atoms with Gasteiger partial charge in [-0.1, -0.05) is 16.4 Å². The number of nitrogens with two attached hydrogens (primary N) is 1. The molecule has 0 bridgehead atoms. The van der Waals surface area contributed by atoms with Crippen molar-refractivity contribution in [1.29, 1.82) is 0 Å². The summed E-state index contributed by atoms with van der Waals surface area (Å²) in [5.74, 6) is 5.29. The molecular weight excluding hydrogens is 355 g/mol. The lowest BCUT2D eigenvalue weighted by Gasteiger charge is -2.18. The zero-order chi connectivity index (χ0) is 12.3. The maximum atomic E-state index is 11.6. The van der Waals surface area contributed by atoms with Crippen LogP contribution >= 0.6 is 11.8 Å². The van der Waals surface area contributed by atoms with E-state index >= 15 is 0 Å². The van der Waals surface area contributed by atoms with Gasteiger partial charge < -0.3 is 28.7 Å². The summed E-state index contributed by atoms with van der Waals surface area (Å²) < 4.78 is 8.07. The second kappa shape index (κ2) is 6.43. The molecule has 0 radical (unpaired) electrons. The van der Waals surface area contributed by atoms with Gasteiger partial charge in [-0.15, -0.1) is 4.68 Å². The van der Waals surface area contributed by atoms with Crippen LogP contribution < -0.4 is 34.5 Å². The highest BCUT2D eigenvalue weighted by Gasteiger charge is 2.23. The van der Waals surface area contributed by atoms with Crippen molar-refractivity contribution < 1.29 is 38.2 Å². The Morgan fingerprint density at radius 3 is 2.71 bits per heavy atom. The van der Waals surface area contributed by atoms with Crippen LogP contribution in [0.3, 0.4) is 0 Å². The average Bonchev–Trinajstić information content (AvgIpc) is 2.43. The smallest absolute Gasteiger partial charge is 0.344 e. The van der Waals surface area contributed by atoms with Crippen LogP contribution in [0, 0.1) is 0 Å². The Bertz CT molecular complexity index is 389. The summed E-state index contributed by atoms with van der Waals surface area (Å²) in [6, 6.07) is 0. The molecule has 98 valence electrons. The molecule has 0 amide bonds. The predicted octanol–water partition coefficient (Wildman–Crippen LogP) is -3.05. The largest absolute Gasteiger partial charge is 1.00 e. The van der Waals surface area contributed by atoms with E-state index in [9.17, 15) is 4.79 Å². The highest BCUT2D eigenvalue weighted by Crippen LogP contribution is 2.10. The molecular formula is C9H17IN4O2S. The van der Waals surface area contributed by atoms with Gasteiger partial charge in [0.2, 0.25) is 6.54 Å². The average molecular weight is 372 g/mol. The Balaban J connectivity index is 0.00000256. The van der Waals surface area contributed by atoms with Gasteiger partial charge in [-0.25, -0.2) is 4.79 Å². The second-order valence-electron chi connectivity index (χ2n) is 4.27. The van der Waals surface area contributed by atoms with E-state index in [4.69, 9.17) is 10.6 Å². The molecule has 0 saturated heterocycles. The number of hydrogen-bond donors (Lipinski definition) is 1. The minimum Gasteiger partial charge on any atom is -1.00 e. The minimum absolute atomic E-state index is 0. The van der Waals surface area contributed by atoms with E-state index in [1.54, 1.807) is 0 Å². The normalized spacial score (nSPS) is 10.8. The lowest BCUT2D eigenvalue weighted by Crippen LogP contribution is -3.00. The zero-order valence-corrected chi connectivity index (χ0v) is 13.3. The Hall–Kier alpha value is -0.510. The second-order valence-corrected chi connectivity index (χ2v) is 5.04. The molecule has 17 heavy (non-hydrogen) atoms. The van der Waals surface area contributed by atoms with Gasteiger partial charge in [-0.05, 0) is 27.0 Å². The van der Waals surface area contributed by atoms with Gasteiger partial charge in [0, 0.05) is 5.10 Å². The third kappa shape index (κ3) is 5.11. The molecule has 1 aromatic rings. The lowest BCUT2D eigenvalue weighted by molar-refractivity contribution is -0.679. The third-order valence-corrected chi connectivity index (χ3v) is 2.43. The molecule has 6 nitrogen and oxygen atoms in total. The summed E-state index contributed by atoms with van der Waals surface area (Å²) in [5.41, 5.74) is -0.484. The van der Waals surface area contributed by atoms with E-state index in [2.05, 4.69) is 5.10 Å².